The Morgan fingerprint density at radius 3 is 2.89 bits per heavy atom. The highest BCUT2D eigenvalue weighted by Crippen LogP contribution is 2.28. The Morgan fingerprint density at radius 1 is 1.47 bits per heavy atom. The fourth-order valence-electron chi connectivity index (χ4n) is 2.76. The number of hydrogen-bond acceptors (Lipinski definition) is 3. The molecule has 1 heterocycles. The van der Waals surface area contributed by atoms with Gasteiger partial charge < -0.3 is 15.0 Å². The van der Waals surface area contributed by atoms with Crippen molar-refractivity contribution in [3.8, 4) is 0 Å². The van der Waals surface area contributed by atoms with Crippen LogP contribution in [-0.4, -0.2) is 39.0 Å². The molecule has 1 aliphatic carbocycles. The maximum absolute atomic E-state index is 12.2. The molecule has 0 aliphatic heterocycles. The van der Waals surface area contributed by atoms with Crippen LogP contribution >= 0.6 is 0 Å². The number of aliphatic hydroxyl groups is 1. The average Bonchev–Trinajstić information content (AvgIpc) is 3.08. The summed E-state index contributed by atoms with van der Waals surface area (Å²) in [5.41, 5.74) is 0. The van der Waals surface area contributed by atoms with Crippen LogP contribution in [0.2, 0.25) is 0 Å². The normalized spacial score (nSPS) is 15.8. The number of imidazole rings is 1. The highest BCUT2D eigenvalue weighted by Gasteiger charge is 2.19. The van der Waals surface area contributed by atoms with Gasteiger partial charge in [-0.3, -0.25) is 4.79 Å². The maximum Gasteiger partial charge on any atom is 0.223 e. The highest BCUT2D eigenvalue weighted by molar-refractivity contribution is 5.76. The monoisotopic (exact) mass is 265 g/mol. The fourth-order valence-corrected chi connectivity index (χ4v) is 2.76. The van der Waals surface area contributed by atoms with Gasteiger partial charge in [0, 0.05) is 25.4 Å². The standard InChI is InChI=1S/C14H23N3O2/c18-10-9-17(11-13-15-7-8-16-13)14(19)6-5-12-3-1-2-4-12/h7-8,12,18H,1-6,9-11H2,(H,15,16). The van der Waals surface area contributed by atoms with Crippen molar-refractivity contribution < 1.29 is 9.90 Å². The van der Waals surface area contributed by atoms with E-state index < -0.39 is 0 Å². The molecule has 0 spiro atoms. The number of rotatable bonds is 7. The summed E-state index contributed by atoms with van der Waals surface area (Å²) in [5.74, 6) is 1.61. The molecule has 1 aromatic heterocycles. The second kappa shape index (κ2) is 7.28. The van der Waals surface area contributed by atoms with Crippen LogP contribution in [0.3, 0.4) is 0 Å². The van der Waals surface area contributed by atoms with Gasteiger partial charge in [-0.15, -0.1) is 0 Å². The topological polar surface area (TPSA) is 69.2 Å². The number of aromatic amines is 1. The first-order valence-corrected chi connectivity index (χ1v) is 7.16. The van der Waals surface area contributed by atoms with Crippen molar-refractivity contribution in [2.75, 3.05) is 13.2 Å². The van der Waals surface area contributed by atoms with Gasteiger partial charge in [0.2, 0.25) is 5.91 Å². The van der Waals surface area contributed by atoms with E-state index in [-0.39, 0.29) is 12.5 Å². The van der Waals surface area contributed by atoms with Crippen LogP contribution in [0.5, 0.6) is 0 Å². The van der Waals surface area contributed by atoms with Gasteiger partial charge in [0.1, 0.15) is 5.82 Å². The van der Waals surface area contributed by atoms with Gasteiger partial charge in [0.15, 0.2) is 0 Å². The second-order valence-corrected chi connectivity index (χ2v) is 5.26. The number of nitrogens with zero attached hydrogens (tertiary/aromatic N) is 2. The Bertz CT molecular complexity index is 372. The van der Waals surface area contributed by atoms with Crippen LogP contribution in [0, 0.1) is 5.92 Å². The van der Waals surface area contributed by atoms with E-state index >= 15 is 0 Å². The minimum atomic E-state index is -0.00409. The van der Waals surface area contributed by atoms with Gasteiger partial charge in [0.25, 0.3) is 0 Å². The molecule has 2 N–H and O–H groups in total. The van der Waals surface area contributed by atoms with Gasteiger partial charge in [0.05, 0.1) is 13.2 Å². The summed E-state index contributed by atoms with van der Waals surface area (Å²) in [6.45, 7) is 0.830. The lowest BCUT2D eigenvalue weighted by atomic mass is 10.0. The van der Waals surface area contributed by atoms with Gasteiger partial charge in [-0.05, 0) is 12.3 Å². The first-order valence-electron chi connectivity index (χ1n) is 7.16. The molecule has 0 atom stereocenters. The smallest absolute Gasteiger partial charge is 0.223 e. The average molecular weight is 265 g/mol. The molecule has 1 fully saturated rings. The van der Waals surface area contributed by atoms with E-state index in [1.807, 2.05) is 0 Å². The first-order chi connectivity index (χ1) is 9.29. The molecule has 5 nitrogen and oxygen atoms in total. The Kier molecular flexibility index (Phi) is 5.39. The van der Waals surface area contributed by atoms with Crippen molar-refractivity contribution in [3.05, 3.63) is 18.2 Å². The zero-order chi connectivity index (χ0) is 13.5. The van der Waals surface area contributed by atoms with Crippen LogP contribution in [0.4, 0.5) is 0 Å². The predicted molar refractivity (Wildman–Crippen MR) is 72.3 cm³/mol. The van der Waals surface area contributed by atoms with E-state index in [0.29, 0.717) is 19.5 Å². The lowest BCUT2D eigenvalue weighted by Crippen LogP contribution is -2.33. The largest absolute Gasteiger partial charge is 0.395 e. The highest BCUT2D eigenvalue weighted by atomic mass is 16.3. The van der Waals surface area contributed by atoms with Crippen LogP contribution < -0.4 is 0 Å². The zero-order valence-electron chi connectivity index (χ0n) is 11.3. The van der Waals surface area contributed by atoms with E-state index in [1.165, 1.54) is 25.7 Å². The molecule has 0 saturated heterocycles. The molecule has 0 bridgehead atoms. The molecule has 2 rings (SSSR count). The van der Waals surface area contributed by atoms with Crippen LogP contribution in [0.15, 0.2) is 12.4 Å². The third-order valence-electron chi connectivity index (χ3n) is 3.86. The SMILES string of the molecule is O=C(CCC1CCCC1)N(CCO)Cc1ncc[nH]1. The van der Waals surface area contributed by atoms with Crippen LogP contribution in [0.25, 0.3) is 0 Å². The summed E-state index contributed by atoms with van der Waals surface area (Å²) < 4.78 is 0. The van der Waals surface area contributed by atoms with Crippen molar-refractivity contribution in [1.82, 2.24) is 14.9 Å². The second-order valence-electron chi connectivity index (χ2n) is 5.26. The molecule has 1 aliphatic rings. The Labute approximate surface area is 114 Å². The Morgan fingerprint density at radius 2 is 2.26 bits per heavy atom. The lowest BCUT2D eigenvalue weighted by molar-refractivity contribution is -0.132. The number of H-pyrrole nitrogens is 1. The number of nitrogens with one attached hydrogen (secondary N) is 1. The zero-order valence-corrected chi connectivity index (χ0v) is 11.3. The molecule has 0 aromatic carbocycles. The first kappa shape index (κ1) is 14.1. The summed E-state index contributed by atoms with van der Waals surface area (Å²) in [4.78, 5) is 21.0. The quantitative estimate of drug-likeness (QED) is 0.788. The molecule has 0 radical (unpaired) electrons. The molecule has 0 unspecified atom stereocenters. The van der Waals surface area contributed by atoms with Crippen LogP contribution in [0.1, 0.15) is 44.3 Å². The molecule has 1 saturated carbocycles. The molecule has 1 amide bonds. The van der Waals surface area contributed by atoms with Crippen molar-refractivity contribution in [2.45, 2.75) is 45.1 Å². The summed E-state index contributed by atoms with van der Waals surface area (Å²) in [6, 6.07) is 0. The summed E-state index contributed by atoms with van der Waals surface area (Å²) in [5, 5.41) is 9.07. The molecule has 19 heavy (non-hydrogen) atoms. The molecule has 5 heteroatoms. The van der Waals surface area contributed by atoms with E-state index in [2.05, 4.69) is 9.97 Å². The van der Waals surface area contributed by atoms with Crippen LogP contribution in [-0.2, 0) is 11.3 Å². The molecular formula is C14H23N3O2. The third-order valence-corrected chi connectivity index (χ3v) is 3.86. The number of aliphatic hydroxyl groups excluding tert-OH is 1. The maximum atomic E-state index is 12.2. The number of aromatic nitrogens is 2. The van der Waals surface area contributed by atoms with Crippen molar-refractivity contribution in [3.63, 3.8) is 0 Å². The number of carbonyl (C=O) groups is 1. The van der Waals surface area contributed by atoms with Crippen molar-refractivity contribution >= 4 is 5.91 Å². The van der Waals surface area contributed by atoms with E-state index in [1.54, 1.807) is 17.3 Å². The number of carbonyl (C=O) groups excluding carboxylic acids is 1. The summed E-state index contributed by atoms with van der Waals surface area (Å²) in [7, 11) is 0. The Balaban J connectivity index is 1.81. The van der Waals surface area contributed by atoms with Gasteiger partial charge in [-0.2, -0.15) is 0 Å². The summed E-state index contributed by atoms with van der Waals surface area (Å²) in [6.07, 6.45) is 10.2. The molecule has 1 aromatic rings. The lowest BCUT2D eigenvalue weighted by Gasteiger charge is -2.21. The van der Waals surface area contributed by atoms with E-state index in [9.17, 15) is 4.79 Å². The van der Waals surface area contributed by atoms with Gasteiger partial charge in [-0.1, -0.05) is 25.7 Å². The summed E-state index contributed by atoms with van der Waals surface area (Å²) >= 11 is 0. The van der Waals surface area contributed by atoms with Gasteiger partial charge in [-0.25, -0.2) is 4.98 Å². The predicted octanol–water partition coefficient (Wildman–Crippen LogP) is 1.70. The molecular weight excluding hydrogens is 242 g/mol. The van der Waals surface area contributed by atoms with Gasteiger partial charge >= 0.3 is 0 Å². The number of amides is 1. The van der Waals surface area contributed by atoms with Crippen molar-refractivity contribution in [1.29, 1.82) is 0 Å². The third kappa shape index (κ3) is 4.35. The molecule has 106 valence electrons. The number of hydrogen-bond donors (Lipinski definition) is 2. The van der Waals surface area contributed by atoms with E-state index in [0.717, 1.165) is 18.2 Å². The fraction of sp³-hybridized carbons (Fsp3) is 0.714. The minimum Gasteiger partial charge on any atom is -0.395 e. The minimum absolute atomic E-state index is 0.00409. The Hall–Kier alpha value is -1.36. The van der Waals surface area contributed by atoms with Crippen molar-refractivity contribution in [2.24, 2.45) is 5.92 Å². The van der Waals surface area contributed by atoms with E-state index in [4.69, 9.17) is 5.11 Å².